The number of hydrazine groups is 1. The second-order valence-corrected chi connectivity index (χ2v) is 7.21. The number of nitrogens with one attached hydrogen (secondary N) is 2. The fraction of sp³-hybridized carbons (Fsp3) is 0.222. The molecule has 0 heterocycles. The van der Waals surface area contributed by atoms with Gasteiger partial charge in [-0.25, -0.2) is 17.6 Å². The fourth-order valence-corrected chi connectivity index (χ4v) is 2.89. The summed E-state index contributed by atoms with van der Waals surface area (Å²) in [7, 11) is -4.09. The number of carbonyl (C=O) groups is 2. The average Bonchev–Trinajstić information content (AvgIpc) is 2.68. The van der Waals surface area contributed by atoms with E-state index in [0.717, 1.165) is 0 Å². The first-order valence-electron chi connectivity index (χ1n) is 8.24. The zero-order valence-electron chi connectivity index (χ0n) is 15.1. The molecule has 0 saturated heterocycles. The molecular formula is C18H19FN2O6S. The van der Waals surface area contributed by atoms with E-state index in [2.05, 4.69) is 0 Å². The van der Waals surface area contributed by atoms with Crippen molar-refractivity contribution in [2.45, 2.75) is 24.8 Å². The molecule has 0 aliphatic heterocycles. The minimum Gasteiger partial charge on any atom is -0.478 e. The van der Waals surface area contributed by atoms with Gasteiger partial charge in [-0.1, -0.05) is 12.1 Å². The second-order valence-electron chi connectivity index (χ2n) is 5.53. The van der Waals surface area contributed by atoms with E-state index in [9.17, 15) is 22.4 Å². The standard InChI is InChI=1S/C18H19FN2O6S/c1-3-26-18(23)13-8-10-14(11-9-13)28(24,25)21-20-17(22)12(2)27-16-7-5-4-6-15(16)19/h4-12,21H,3H2,1-2H3,(H,20,22)/t12-/m1/s1. The number of halogens is 1. The third-order valence-corrected chi connectivity index (χ3v) is 4.76. The molecule has 0 unspecified atom stereocenters. The summed E-state index contributed by atoms with van der Waals surface area (Å²) in [4.78, 5) is 25.3. The van der Waals surface area contributed by atoms with Gasteiger partial charge in [0.2, 0.25) is 0 Å². The minimum atomic E-state index is -4.09. The lowest BCUT2D eigenvalue weighted by Crippen LogP contribution is -2.47. The lowest BCUT2D eigenvalue weighted by Gasteiger charge is -2.15. The first kappa shape index (κ1) is 21.3. The Morgan fingerprint density at radius 3 is 2.36 bits per heavy atom. The number of amides is 1. The number of rotatable bonds is 8. The monoisotopic (exact) mass is 410 g/mol. The van der Waals surface area contributed by atoms with Crippen molar-refractivity contribution in [3.63, 3.8) is 0 Å². The highest BCUT2D eigenvalue weighted by molar-refractivity contribution is 7.89. The Morgan fingerprint density at radius 1 is 1.11 bits per heavy atom. The molecule has 2 aromatic carbocycles. The Labute approximate surface area is 161 Å². The van der Waals surface area contributed by atoms with Crippen LogP contribution in [-0.4, -0.2) is 33.0 Å². The van der Waals surface area contributed by atoms with Crippen molar-refractivity contribution in [2.24, 2.45) is 0 Å². The van der Waals surface area contributed by atoms with E-state index in [1.54, 1.807) is 6.92 Å². The fourth-order valence-electron chi connectivity index (χ4n) is 2.05. The predicted octanol–water partition coefficient (Wildman–Crippen LogP) is 1.78. The number of sulfonamides is 1. The summed E-state index contributed by atoms with van der Waals surface area (Å²) in [5.41, 5.74) is 2.19. The molecule has 1 amide bonds. The van der Waals surface area contributed by atoms with Gasteiger partial charge in [-0.3, -0.25) is 10.2 Å². The summed E-state index contributed by atoms with van der Waals surface area (Å²) < 4.78 is 48.0. The number of para-hydroxylation sites is 1. The maximum absolute atomic E-state index is 13.5. The molecule has 0 aromatic heterocycles. The van der Waals surface area contributed by atoms with E-state index in [0.29, 0.717) is 0 Å². The van der Waals surface area contributed by atoms with E-state index in [1.807, 2.05) is 10.3 Å². The van der Waals surface area contributed by atoms with Gasteiger partial charge >= 0.3 is 5.97 Å². The highest BCUT2D eigenvalue weighted by Gasteiger charge is 2.20. The minimum absolute atomic E-state index is 0.137. The SMILES string of the molecule is CCOC(=O)c1ccc(S(=O)(=O)NNC(=O)[C@@H](C)Oc2ccccc2F)cc1. The van der Waals surface area contributed by atoms with Crippen LogP contribution in [0.2, 0.25) is 0 Å². The first-order chi connectivity index (χ1) is 13.2. The number of esters is 1. The van der Waals surface area contributed by atoms with Gasteiger partial charge in [-0.2, -0.15) is 0 Å². The summed E-state index contributed by atoms with van der Waals surface area (Å²) in [5, 5.41) is 0. The van der Waals surface area contributed by atoms with Gasteiger partial charge < -0.3 is 9.47 Å². The van der Waals surface area contributed by atoms with Crippen LogP contribution in [0.25, 0.3) is 0 Å². The maximum atomic E-state index is 13.5. The van der Waals surface area contributed by atoms with Gasteiger partial charge in [-0.15, -0.1) is 4.83 Å². The maximum Gasteiger partial charge on any atom is 0.338 e. The van der Waals surface area contributed by atoms with Gasteiger partial charge in [0, 0.05) is 0 Å². The average molecular weight is 410 g/mol. The molecular weight excluding hydrogens is 391 g/mol. The number of carbonyl (C=O) groups excluding carboxylic acids is 2. The van der Waals surface area contributed by atoms with Gasteiger partial charge in [0.15, 0.2) is 17.7 Å². The number of hydrogen-bond donors (Lipinski definition) is 2. The summed E-state index contributed by atoms with van der Waals surface area (Å²) in [6.07, 6.45) is -1.16. The molecule has 0 aliphatic carbocycles. The molecule has 0 aliphatic rings. The molecule has 0 spiro atoms. The van der Waals surface area contributed by atoms with Crippen molar-refractivity contribution in [1.82, 2.24) is 10.3 Å². The van der Waals surface area contributed by atoms with Crippen molar-refractivity contribution in [2.75, 3.05) is 6.61 Å². The molecule has 0 radical (unpaired) electrons. The third-order valence-electron chi connectivity index (χ3n) is 3.49. The second kappa shape index (κ2) is 9.29. The number of benzene rings is 2. The molecule has 10 heteroatoms. The smallest absolute Gasteiger partial charge is 0.338 e. The lowest BCUT2D eigenvalue weighted by molar-refractivity contribution is -0.127. The van der Waals surface area contributed by atoms with Crippen LogP contribution >= 0.6 is 0 Å². The van der Waals surface area contributed by atoms with Crippen molar-refractivity contribution >= 4 is 21.9 Å². The molecule has 2 N–H and O–H groups in total. The van der Waals surface area contributed by atoms with Crippen LogP contribution < -0.4 is 15.0 Å². The normalized spacial score (nSPS) is 12.1. The molecule has 1 atom stereocenters. The van der Waals surface area contributed by atoms with Crippen molar-refractivity contribution < 1.29 is 31.9 Å². The Hall–Kier alpha value is -2.98. The molecule has 0 saturated carbocycles. The van der Waals surface area contributed by atoms with Gasteiger partial charge in [0.05, 0.1) is 17.1 Å². The summed E-state index contributed by atoms with van der Waals surface area (Å²) >= 11 is 0. The summed E-state index contributed by atoms with van der Waals surface area (Å²) in [5.74, 6) is -2.19. The highest BCUT2D eigenvalue weighted by atomic mass is 32.2. The van der Waals surface area contributed by atoms with Crippen LogP contribution in [0.3, 0.4) is 0 Å². The molecule has 150 valence electrons. The van der Waals surface area contributed by atoms with Crippen LogP contribution in [0.5, 0.6) is 5.75 Å². The van der Waals surface area contributed by atoms with Crippen molar-refractivity contribution in [3.05, 3.63) is 59.9 Å². The Balaban J connectivity index is 1.97. The van der Waals surface area contributed by atoms with Crippen LogP contribution in [0.15, 0.2) is 53.4 Å². The molecule has 0 bridgehead atoms. The topological polar surface area (TPSA) is 111 Å². The van der Waals surface area contributed by atoms with Crippen molar-refractivity contribution in [1.29, 1.82) is 0 Å². The van der Waals surface area contributed by atoms with Crippen molar-refractivity contribution in [3.8, 4) is 5.75 Å². The van der Waals surface area contributed by atoms with E-state index in [1.165, 1.54) is 55.5 Å². The quantitative estimate of drug-likeness (QED) is 0.507. The summed E-state index contributed by atoms with van der Waals surface area (Å²) in [6, 6.07) is 10.5. The largest absolute Gasteiger partial charge is 0.478 e. The molecule has 2 aromatic rings. The van der Waals surface area contributed by atoms with Crippen LogP contribution in [0.1, 0.15) is 24.2 Å². The zero-order valence-corrected chi connectivity index (χ0v) is 16.0. The van der Waals surface area contributed by atoms with Crippen LogP contribution in [-0.2, 0) is 19.6 Å². The third kappa shape index (κ3) is 5.51. The molecule has 8 nitrogen and oxygen atoms in total. The van der Waals surface area contributed by atoms with Crippen LogP contribution in [0.4, 0.5) is 4.39 Å². The molecule has 0 fully saturated rings. The van der Waals surface area contributed by atoms with Crippen LogP contribution in [0, 0.1) is 5.82 Å². The number of ether oxygens (including phenoxy) is 2. The number of hydrogen-bond acceptors (Lipinski definition) is 6. The summed E-state index contributed by atoms with van der Waals surface area (Å²) in [6.45, 7) is 3.18. The van der Waals surface area contributed by atoms with E-state index >= 15 is 0 Å². The predicted molar refractivity (Wildman–Crippen MR) is 97.4 cm³/mol. The van der Waals surface area contributed by atoms with Gasteiger partial charge in [-0.05, 0) is 50.2 Å². The molecule has 28 heavy (non-hydrogen) atoms. The lowest BCUT2D eigenvalue weighted by atomic mass is 10.2. The zero-order chi connectivity index (χ0) is 20.7. The van der Waals surface area contributed by atoms with Gasteiger partial charge in [0.1, 0.15) is 0 Å². The Morgan fingerprint density at radius 2 is 1.75 bits per heavy atom. The highest BCUT2D eigenvalue weighted by Crippen LogP contribution is 2.17. The Bertz CT molecular complexity index is 947. The first-order valence-corrected chi connectivity index (χ1v) is 9.73. The van der Waals surface area contributed by atoms with E-state index in [4.69, 9.17) is 9.47 Å². The van der Waals surface area contributed by atoms with Gasteiger partial charge in [0.25, 0.3) is 15.9 Å². The van der Waals surface area contributed by atoms with E-state index in [-0.39, 0.29) is 22.8 Å². The molecule has 2 rings (SSSR count). The Kier molecular flexibility index (Phi) is 7.07. The van der Waals surface area contributed by atoms with E-state index < -0.39 is 33.8 Å².